The summed E-state index contributed by atoms with van der Waals surface area (Å²) < 4.78 is 5.72. The Labute approximate surface area is 128 Å². The summed E-state index contributed by atoms with van der Waals surface area (Å²) in [6.45, 7) is 0. The smallest absolute Gasteiger partial charge is 0.265 e. The third-order valence-electron chi connectivity index (χ3n) is 4.06. The topological polar surface area (TPSA) is 50.7 Å². The van der Waals surface area contributed by atoms with Gasteiger partial charge in [-0.15, -0.1) is 0 Å². The zero-order chi connectivity index (χ0) is 14.9. The van der Waals surface area contributed by atoms with E-state index in [0.29, 0.717) is 6.42 Å². The summed E-state index contributed by atoms with van der Waals surface area (Å²) in [5.41, 5.74) is 4.06. The summed E-state index contributed by atoms with van der Waals surface area (Å²) >= 11 is 0. The molecular formula is C18H16N2O2. The normalized spacial score (nSPS) is 18.3. The molecule has 4 nitrogen and oxygen atoms in total. The first-order chi connectivity index (χ1) is 10.8. The molecule has 2 aliphatic rings. The molecule has 22 heavy (non-hydrogen) atoms. The van der Waals surface area contributed by atoms with Gasteiger partial charge in [0.1, 0.15) is 5.75 Å². The van der Waals surface area contributed by atoms with Gasteiger partial charge in [0.05, 0.1) is 5.69 Å². The summed E-state index contributed by atoms with van der Waals surface area (Å²) in [7, 11) is 0. The van der Waals surface area contributed by atoms with Gasteiger partial charge in [0.25, 0.3) is 5.91 Å². The fourth-order valence-electron chi connectivity index (χ4n) is 2.92. The molecule has 1 atom stereocenters. The first-order valence-electron chi connectivity index (χ1n) is 7.50. The van der Waals surface area contributed by atoms with Crippen LogP contribution in [0.4, 0.5) is 11.4 Å². The van der Waals surface area contributed by atoms with E-state index in [0.717, 1.165) is 35.5 Å². The second-order valence-corrected chi connectivity index (χ2v) is 5.60. The van der Waals surface area contributed by atoms with E-state index in [2.05, 4.69) is 10.3 Å². The number of carbonyl (C=O) groups is 1. The molecule has 4 rings (SSSR count). The predicted octanol–water partition coefficient (Wildman–Crippen LogP) is 3.28. The monoisotopic (exact) mass is 292 g/mol. The molecule has 0 unspecified atom stereocenters. The second-order valence-electron chi connectivity index (χ2n) is 5.60. The van der Waals surface area contributed by atoms with Crippen LogP contribution in [0.15, 0.2) is 47.5 Å². The van der Waals surface area contributed by atoms with Crippen molar-refractivity contribution < 1.29 is 9.53 Å². The third-order valence-corrected chi connectivity index (χ3v) is 4.06. The lowest BCUT2D eigenvalue weighted by Gasteiger charge is -2.14. The highest BCUT2D eigenvalue weighted by Crippen LogP contribution is 2.30. The van der Waals surface area contributed by atoms with Gasteiger partial charge >= 0.3 is 0 Å². The Hall–Kier alpha value is -2.62. The van der Waals surface area contributed by atoms with Gasteiger partial charge in [-0.1, -0.05) is 18.2 Å². The van der Waals surface area contributed by atoms with Crippen LogP contribution in [0.25, 0.3) is 0 Å². The Bertz CT molecular complexity index is 742. The highest BCUT2D eigenvalue weighted by atomic mass is 16.5. The van der Waals surface area contributed by atoms with Gasteiger partial charge in [-0.25, -0.2) is 0 Å². The highest BCUT2D eigenvalue weighted by molar-refractivity contribution is 5.95. The number of fused-ring (bicyclic) bond motifs is 2. The number of rotatable bonds is 2. The minimum absolute atomic E-state index is 0.101. The maximum absolute atomic E-state index is 12.4. The molecule has 1 N–H and O–H groups in total. The fraction of sp³-hybridized carbons (Fsp3) is 0.222. The lowest BCUT2D eigenvalue weighted by molar-refractivity contribution is -0.122. The number of hydrogen-bond acceptors (Lipinski definition) is 3. The zero-order valence-corrected chi connectivity index (χ0v) is 12.1. The Kier molecular flexibility index (Phi) is 3.15. The number of hydrogen-bond donors (Lipinski definition) is 1. The Morgan fingerprint density at radius 1 is 1.18 bits per heavy atom. The Morgan fingerprint density at radius 2 is 2.09 bits per heavy atom. The maximum Gasteiger partial charge on any atom is 0.265 e. The summed E-state index contributed by atoms with van der Waals surface area (Å²) in [5.74, 6) is 0.706. The van der Waals surface area contributed by atoms with E-state index in [1.807, 2.05) is 48.7 Å². The summed E-state index contributed by atoms with van der Waals surface area (Å²) in [4.78, 5) is 16.7. The van der Waals surface area contributed by atoms with Crippen molar-refractivity contribution in [2.24, 2.45) is 4.99 Å². The van der Waals surface area contributed by atoms with E-state index in [1.165, 1.54) is 5.56 Å². The van der Waals surface area contributed by atoms with Crippen molar-refractivity contribution in [1.82, 2.24) is 0 Å². The summed E-state index contributed by atoms with van der Waals surface area (Å²) in [5, 5.41) is 2.95. The molecule has 1 amide bonds. The van der Waals surface area contributed by atoms with Crippen LogP contribution in [-0.2, 0) is 17.6 Å². The number of nitrogens with one attached hydrogen (secondary N) is 1. The minimum atomic E-state index is -0.452. The van der Waals surface area contributed by atoms with E-state index in [9.17, 15) is 4.79 Å². The molecule has 2 aromatic carbocycles. The molecule has 2 aliphatic heterocycles. The van der Waals surface area contributed by atoms with Crippen LogP contribution >= 0.6 is 0 Å². The van der Waals surface area contributed by atoms with Crippen LogP contribution in [0.2, 0.25) is 0 Å². The zero-order valence-electron chi connectivity index (χ0n) is 12.1. The number of ether oxygens (including phenoxy) is 1. The van der Waals surface area contributed by atoms with Gasteiger partial charge in [-0.2, -0.15) is 0 Å². The first kappa shape index (κ1) is 13.1. The van der Waals surface area contributed by atoms with E-state index in [-0.39, 0.29) is 5.91 Å². The number of aryl methyl sites for hydroxylation is 1. The van der Waals surface area contributed by atoms with Gasteiger partial charge in [0.2, 0.25) is 0 Å². The number of benzene rings is 2. The largest absolute Gasteiger partial charge is 0.480 e. The van der Waals surface area contributed by atoms with Crippen molar-refractivity contribution in [3.8, 4) is 5.75 Å². The molecule has 0 fully saturated rings. The standard InChI is InChI=1S/C18H16N2O2/c21-18(17-11-13-4-1-2-6-16(13)22-17)20-14-7-8-15-12(10-14)5-3-9-19-15/h1-2,4,6-10,17H,3,5,11H2,(H,20,21)/t17-/m0/s1. The van der Waals surface area contributed by atoms with E-state index in [1.54, 1.807) is 0 Å². The van der Waals surface area contributed by atoms with Crippen molar-refractivity contribution >= 4 is 23.5 Å². The van der Waals surface area contributed by atoms with Crippen molar-refractivity contribution in [1.29, 1.82) is 0 Å². The minimum Gasteiger partial charge on any atom is -0.480 e. The van der Waals surface area contributed by atoms with Gasteiger partial charge < -0.3 is 10.1 Å². The van der Waals surface area contributed by atoms with Crippen LogP contribution in [0, 0.1) is 0 Å². The molecule has 2 aromatic rings. The molecular weight excluding hydrogens is 276 g/mol. The van der Waals surface area contributed by atoms with Crippen molar-refractivity contribution in [3.05, 3.63) is 53.6 Å². The van der Waals surface area contributed by atoms with Gasteiger partial charge in [0, 0.05) is 18.3 Å². The van der Waals surface area contributed by atoms with Crippen molar-refractivity contribution in [3.63, 3.8) is 0 Å². The first-order valence-corrected chi connectivity index (χ1v) is 7.50. The number of para-hydroxylation sites is 1. The lowest BCUT2D eigenvalue weighted by Crippen LogP contribution is -2.31. The average molecular weight is 292 g/mol. The van der Waals surface area contributed by atoms with Gasteiger partial charge in [-0.3, -0.25) is 9.79 Å². The average Bonchev–Trinajstić information content (AvgIpc) is 2.99. The number of aliphatic imine (C=N–C) groups is 1. The van der Waals surface area contributed by atoms with E-state index in [4.69, 9.17) is 4.74 Å². The quantitative estimate of drug-likeness (QED) is 0.923. The highest BCUT2D eigenvalue weighted by Gasteiger charge is 2.28. The lowest BCUT2D eigenvalue weighted by atomic mass is 10.0. The molecule has 4 heteroatoms. The van der Waals surface area contributed by atoms with E-state index >= 15 is 0 Å². The fourth-order valence-corrected chi connectivity index (χ4v) is 2.92. The number of carbonyl (C=O) groups excluding carboxylic acids is 1. The van der Waals surface area contributed by atoms with Crippen molar-refractivity contribution in [2.75, 3.05) is 5.32 Å². The van der Waals surface area contributed by atoms with Crippen LogP contribution < -0.4 is 10.1 Å². The van der Waals surface area contributed by atoms with Crippen molar-refractivity contribution in [2.45, 2.75) is 25.4 Å². The number of nitrogens with zero attached hydrogens (tertiary/aromatic N) is 1. The molecule has 0 aliphatic carbocycles. The molecule has 110 valence electrons. The van der Waals surface area contributed by atoms with Crippen LogP contribution in [0.1, 0.15) is 17.5 Å². The van der Waals surface area contributed by atoms with Crippen LogP contribution in [-0.4, -0.2) is 18.2 Å². The molecule has 0 saturated heterocycles. The van der Waals surface area contributed by atoms with Crippen LogP contribution in [0.5, 0.6) is 5.75 Å². The Morgan fingerprint density at radius 3 is 3.00 bits per heavy atom. The van der Waals surface area contributed by atoms with Crippen LogP contribution in [0.3, 0.4) is 0 Å². The predicted molar refractivity (Wildman–Crippen MR) is 86.1 cm³/mol. The van der Waals surface area contributed by atoms with Gasteiger partial charge in [0.15, 0.2) is 6.10 Å². The molecule has 0 spiro atoms. The molecule has 2 heterocycles. The third kappa shape index (κ3) is 2.37. The Balaban J connectivity index is 1.48. The molecule has 0 aromatic heterocycles. The number of anilines is 1. The summed E-state index contributed by atoms with van der Waals surface area (Å²) in [6, 6.07) is 13.6. The van der Waals surface area contributed by atoms with Gasteiger partial charge in [-0.05, 0) is 48.2 Å². The maximum atomic E-state index is 12.4. The second kappa shape index (κ2) is 5.30. The molecule has 0 bridgehead atoms. The molecule has 0 radical (unpaired) electrons. The molecule has 0 saturated carbocycles. The number of amides is 1. The van der Waals surface area contributed by atoms with E-state index < -0.39 is 6.10 Å². The SMILES string of the molecule is O=C(Nc1ccc2c(c1)CCC=N2)[C@@H]1Cc2ccccc2O1. The summed E-state index contributed by atoms with van der Waals surface area (Å²) in [6.07, 6.45) is 4.02.